The summed E-state index contributed by atoms with van der Waals surface area (Å²) in [6.07, 6.45) is 0. The third kappa shape index (κ3) is 6.15. The van der Waals surface area contributed by atoms with Gasteiger partial charge in [-0.1, -0.05) is 12.1 Å². The van der Waals surface area contributed by atoms with E-state index in [0.29, 0.717) is 35.4 Å². The van der Waals surface area contributed by atoms with E-state index in [9.17, 15) is 4.79 Å². The predicted molar refractivity (Wildman–Crippen MR) is 139 cm³/mol. The van der Waals surface area contributed by atoms with Crippen molar-refractivity contribution >= 4 is 45.6 Å². The van der Waals surface area contributed by atoms with Crippen LogP contribution in [0, 0.1) is 0 Å². The zero-order chi connectivity index (χ0) is 24.8. The van der Waals surface area contributed by atoms with E-state index in [0.717, 1.165) is 22.4 Å². The van der Waals surface area contributed by atoms with Gasteiger partial charge in [0, 0.05) is 35.3 Å². The maximum absolute atomic E-state index is 12.0. The number of benzene rings is 3. The Kier molecular flexibility index (Phi) is 7.27. The SMILES string of the molecule is COc1cc(Nc2nc3ccccc3nc2Nc2ccc(NC(=O)CN(C)C)cc2)cc(OC)c1. The number of likely N-dealkylation sites (N-methyl/N-ethyl adjacent to an activating group) is 1. The van der Waals surface area contributed by atoms with E-state index in [1.54, 1.807) is 20.3 Å². The molecule has 4 aromatic rings. The zero-order valence-electron chi connectivity index (χ0n) is 20.1. The molecule has 0 bridgehead atoms. The lowest BCUT2D eigenvalue weighted by Gasteiger charge is -2.15. The Balaban J connectivity index is 1.62. The van der Waals surface area contributed by atoms with Crippen LogP contribution in [0.4, 0.5) is 28.7 Å². The van der Waals surface area contributed by atoms with Crippen molar-refractivity contribution in [3.8, 4) is 11.5 Å². The Morgan fingerprint density at radius 3 is 1.80 bits per heavy atom. The van der Waals surface area contributed by atoms with Gasteiger partial charge in [-0.05, 0) is 50.5 Å². The molecule has 0 aliphatic carbocycles. The summed E-state index contributed by atoms with van der Waals surface area (Å²) in [5.41, 5.74) is 3.78. The largest absolute Gasteiger partial charge is 0.497 e. The molecule has 0 saturated carbocycles. The van der Waals surface area contributed by atoms with Gasteiger partial charge in [0.25, 0.3) is 0 Å². The van der Waals surface area contributed by atoms with E-state index in [-0.39, 0.29) is 5.91 Å². The van der Waals surface area contributed by atoms with Crippen LogP contribution in [0.15, 0.2) is 66.7 Å². The van der Waals surface area contributed by atoms with Gasteiger partial charge in [0.1, 0.15) is 11.5 Å². The van der Waals surface area contributed by atoms with E-state index >= 15 is 0 Å². The summed E-state index contributed by atoms with van der Waals surface area (Å²) in [5, 5.41) is 9.55. The molecular weight excluding hydrogens is 444 g/mol. The first-order valence-corrected chi connectivity index (χ1v) is 11.0. The number of hydrogen-bond acceptors (Lipinski definition) is 8. The van der Waals surface area contributed by atoms with Gasteiger partial charge in [-0.3, -0.25) is 4.79 Å². The number of fused-ring (bicyclic) bond motifs is 1. The number of carbonyl (C=O) groups is 1. The standard InChI is InChI=1S/C26H28N6O3/c1-32(2)16-24(33)27-17-9-11-18(12-10-17)28-25-26(31-23-8-6-5-7-22(23)30-25)29-19-13-20(34-3)15-21(14-19)35-4/h5-15H,16H2,1-4H3,(H,27,33)(H,28,30)(H,29,31). The number of carbonyl (C=O) groups excluding carboxylic acids is 1. The number of anilines is 5. The minimum atomic E-state index is -0.0729. The highest BCUT2D eigenvalue weighted by molar-refractivity contribution is 5.92. The summed E-state index contributed by atoms with van der Waals surface area (Å²) in [4.78, 5) is 23.4. The molecule has 3 N–H and O–H groups in total. The Bertz CT molecular complexity index is 1300. The second-order valence-corrected chi connectivity index (χ2v) is 8.12. The fraction of sp³-hybridized carbons (Fsp3) is 0.192. The quantitative estimate of drug-likeness (QED) is 0.324. The van der Waals surface area contributed by atoms with Crippen LogP contribution in [0.3, 0.4) is 0 Å². The molecule has 0 aliphatic rings. The van der Waals surface area contributed by atoms with Crippen molar-refractivity contribution < 1.29 is 14.3 Å². The van der Waals surface area contributed by atoms with Gasteiger partial charge in [0.05, 0.1) is 31.8 Å². The van der Waals surface area contributed by atoms with Crippen LogP contribution in [-0.2, 0) is 4.79 Å². The van der Waals surface area contributed by atoms with E-state index < -0.39 is 0 Å². The Hall–Kier alpha value is -4.37. The molecule has 9 nitrogen and oxygen atoms in total. The average Bonchev–Trinajstić information content (AvgIpc) is 2.84. The first-order chi connectivity index (χ1) is 16.9. The van der Waals surface area contributed by atoms with E-state index in [1.165, 1.54) is 0 Å². The fourth-order valence-electron chi connectivity index (χ4n) is 3.45. The highest BCUT2D eigenvalue weighted by Crippen LogP contribution is 2.31. The highest BCUT2D eigenvalue weighted by atomic mass is 16.5. The van der Waals surface area contributed by atoms with Gasteiger partial charge in [0.15, 0.2) is 11.6 Å². The summed E-state index contributed by atoms with van der Waals surface area (Å²) in [6.45, 7) is 0.316. The van der Waals surface area contributed by atoms with Crippen molar-refractivity contribution in [3.05, 3.63) is 66.7 Å². The molecular formula is C26H28N6O3. The number of para-hydroxylation sites is 2. The molecule has 3 aromatic carbocycles. The Morgan fingerprint density at radius 1 is 0.771 bits per heavy atom. The third-order valence-corrected chi connectivity index (χ3v) is 5.08. The topological polar surface area (TPSA) is 101 Å². The number of rotatable bonds is 9. The van der Waals surface area contributed by atoms with Gasteiger partial charge >= 0.3 is 0 Å². The van der Waals surface area contributed by atoms with Gasteiger partial charge in [-0.2, -0.15) is 0 Å². The summed E-state index contributed by atoms with van der Waals surface area (Å²) in [5.74, 6) is 2.33. The van der Waals surface area contributed by atoms with Gasteiger partial charge in [-0.15, -0.1) is 0 Å². The normalized spacial score (nSPS) is 10.8. The number of nitrogens with zero attached hydrogens (tertiary/aromatic N) is 3. The van der Waals surface area contributed by atoms with Crippen molar-refractivity contribution in [3.63, 3.8) is 0 Å². The van der Waals surface area contributed by atoms with E-state index in [4.69, 9.17) is 19.4 Å². The zero-order valence-corrected chi connectivity index (χ0v) is 20.1. The molecule has 0 fully saturated rings. The van der Waals surface area contributed by atoms with Crippen LogP contribution < -0.4 is 25.4 Å². The van der Waals surface area contributed by atoms with Crippen LogP contribution in [0.5, 0.6) is 11.5 Å². The van der Waals surface area contributed by atoms with E-state index in [2.05, 4.69) is 16.0 Å². The molecule has 35 heavy (non-hydrogen) atoms. The number of amides is 1. The smallest absolute Gasteiger partial charge is 0.238 e. The lowest BCUT2D eigenvalue weighted by molar-refractivity contribution is -0.116. The molecule has 1 heterocycles. The summed E-state index contributed by atoms with van der Waals surface area (Å²) in [6, 6.07) is 20.6. The number of methoxy groups -OCH3 is 2. The summed E-state index contributed by atoms with van der Waals surface area (Å²) >= 11 is 0. The first kappa shape index (κ1) is 23.8. The molecule has 0 radical (unpaired) electrons. The van der Waals surface area contributed by atoms with Gasteiger partial charge in [0.2, 0.25) is 5.91 Å². The molecule has 0 unspecified atom stereocenters. The molecule has 1 aromatic heterocycles. The van der Waals surface area contributed by atoms with Crippen molar-refractivity contribution in [1.29, 1.82) is 0 Å². The van der Waals surface area contributed by atoms with Crippen molar-refractivity contribution in [2.75, 3.05) is 50.8 Å². The molecule has 1 amide bonds. The third-order valence-electron chi connectivity index (χ3n) is 5.08. The van der Waals surface area contributed by atoms with Gasteiger partial charge in [-0.25, -0.2) is 9.97 Å². The summed E-state index contributed by atoms with van der Waals surface area (Å²) in [7, 11) is 6.91. The van der Waals surface area contributed by atoms with Gasteiger partial charge < -0.3 is 30.3 Å². The molecule has 9 heteroatoms. The molecule has 0 spiro atoms. The molecule has 4 rings (SSSR count). The van der Waals surface area contributed by atoms with Crippen molar-refractivity contribution in [2.24, 2.45) is 0 Å². The first-order valence-electron chi connectivity index (χ1n) is 11.0. The minimum absolute atomic E-state index is 0.0729. The number of nitrogens with one attached hydrogen (secondary N) is 3. The van der Waals surface area contributed by atoms with Crippen LogP contribution in [0.1, 0.15) is 0 Å². The van der Waals surface area contributed by atoms with Crippen LogP contribution >= 0.6 is 0 Å². The second kappa shape index (κ2) is 10.7. The Morgan fingerprint density at radius 2 is 1.29 bits per heavy atom. The minimum Gasteiger partial charge on any atom is -0.497 e. The van der Waals surface area contributed by atoms with Crippen LogP contribution in [0.2, 0.25) is 0 Å². The second-order valence-electron chi connectivity index (χ2n) is 8.12. The molecule has 0 atom stereocenters. The molecule has 180 valence electrons. The van der Waals surface area contributed by atoms with Crippen molar-refractivity contribution in [2.45, 2.75) is 0 Å². The monoisotopic (exact) mass is 472 g/mol. The van der Waals surface area contributed by atoms with Crippen LogP contribution in [-0.4, -0.2) is 55.6 Å². The van der Waals surface area contributed by atoms with Crippen molar-refractivity contribution in [1.82, 2.24) is 14.9 Å². The molecule has 0 saturated heterocycles. The highest BCUT2D eigenvalue weighted by Gasteiger charge is 2.12. The number of ether oxygens (including phenoxy) is 2. The maximum Gasteiger partial charge on any atom is 0.238 e. The lowest BCUT2D eigenvalue weighted by atomic mass is 10.2. The maximum atomic E-state index is 12.0. The average molecular weight is 473 g/mol. The molecule has 0 aliphatic heterocycles. The fourth-order valence-corrected chi connectivity index (χ4v) is 3.45. The number of hydrogen-bond donors (Lipinski definition) is 3. The van der Waals surface area contributed by atoms with Crippen LogP contribution in [0.25, 0.3) is 11.0 Å². The lowest BCUT2D eigenvalue weighted by Crippen LogP contribution is -2.27. The number of aromatic nitrogens is 2. The Labute approximate surface area is 204 Å². The predicted octanol–water partition coefficient (Wildman–Crippen LogP) is 4.63. The van der Waals surface area contributed by atoms with E-state index in [1.807, 2.05) is 79.7 Å². The summed E-state index contributed by atoms with van der Waals surface area (Å²) < 4.78 is 10.8.